The Morgan fingerprint density at radius 1 is 1.38 bits per heavy atom. The van der Waals surface area contributed by atoms with E-state index < -0.39 is 18.8 Å². The van der Waals surface area contributed by atoms with Gasteiger partial charge in [0, 0.05) is 5.69 Å². The first kappa shape index (κ1) is 12.4. The third-order valence-electron chi connectivity index (χ3n) is 1.73. The van der Waals surface area contributed by atoms with Crippen LogP contribution in [0, 0.1) is 6.92 Å². The van der Waals surface area contributed by atoms with E-state index in [1.165, 1.54) is 0 Å². The summed E-state index contributed by atoms with van der Waals surface area (Å²) in [6.07, 6.45) is -4.40. The number of alkyl halides is 3. The van der Waals surface area contributed by atoms with Crippen molar-refractivity contribution in [1.82, 2.24) is 5.32 Å². The standard InChI is InChI=1S/C10H11F3N2O/c1-7-3-2-4-8(5-7)15-9(16)14-6-10(11,12)13/h2-5H,6H2,1H3,(H2,14,15,16). The second-order valence-corrected chi connectivity index (χ2v) is 3.29. The van der Waals surface area contributed by atoms with E-state index in [4.69, 9.17) is 0 Å². The van der Waals surface area contributed by atoms with E-state index in [0.717, 1.165) is 5.56 Å². The Bertz CT molecular complexity index is 377. The molecule has 0 fully saturated rings. The van der Waals surface area contributed by atoms with Crippen LogP contribution in [0.25, 0.3) is 0 Å². The van der Waals surface area contributed by atoms with Crippen LogP contribution < -0.4 is 10.6 Å². The van der Waals surface area contributed by atoms with E-state index in [1.807, 2.05) is 13.0 Å². The van der Waals surface area contributed by atoms with Crippen LogP contribution in [0.1, 0.15) is 5.56 Å². The molecule has 16 heavy (non-hydrogen) atoms. The molecular formula is C10H11F3N2O. The highest BCUT2D eigenvalue weighted by Crippen LogP contribution is 2.13. The van der Waals surface area contributed by atoms with E-state index in [-0.39, 0.29) is 0 Å². The van der Waals surface area contributed by atoms with Crippen LogP contribution >= 0.6 is 0 Å². The predicted octanol–water partition coefficient (Wildman–Crippen LogP) is 2.68. The topological polar surface area (TPSA) is 41.1 Å². The monoisotopic (exact) mass is 232 g/mol. The summed E-state index contributed by atoms with van der Waals surface area (Å²) in [5, 5.41) is 4.02. The van der Waals surface area contributed by atoms with Crippen molar-refractivity contribution in [2.75, 3.05) is 11.9 Å². The van der Waals surface area contributed by atoms with E-state index in [1.54, 1.807) is 23.5 Å². The fourth-order valence-electron chi connectivity index (χ4n) is 1.08. The second kappa shape index (κ2) is 4.87. The molecule has 88 valence electrons. The number of hydrogen-bond donors (Lipinski definition) is 2. The Labute approximate surface area is 90.6 Å². The lowest BCUT2D eigenvalue weighted by Crippen LogP contribution is -2.36. The van der Waals surface area contributed by atoms with Crippen LogP contribution in [0.5, 0.6) is 0 Å². The van der Waals surface area contributed by atoms with Crippen molar-refractivity contribution in [3.05, 3.63) is 29.8 Å². The van der Waals surface area contributed by atoms with Crippen molar-refractivity contribution in [2.24, 2.45) is 0 Å². The molecule has 0 bridgehead atoms. The van der Waals surface area contributed by atoms with Gasteiger partial charge in [-0.2, -0.15) is 13.2 Å². The summed E-state index contributed by atoms with van der Waals surface area (Å²) in [7, 11) is 0. The van der Waals surface area contributed by atoms with Gasteiger partial charge >= 0.3 is 12.2 Å². The molecule has 0 spiro atoms. The molecule has 3 nitrogen and oxygen atoms in total. The molecule has 0 aliphatic heterocycles. The maximum Gasteiger partial charge on any atom is 0.405 e. The number of rotatable bonds is 2. The van der Waals surface area contributed by atoms with Crippen LogP contribution in [-0.2, 0) is 0 Å². The number of benzene rings is 1. The predicted molar refractivity (Wildman–Crippen MR) is 54.3 cm³/mol. The SMILES string of the molecule is Cc1cccc(NC(=O)NCC(F)(F)F)c1. The molecule has 0 unspecified atom stereocenters. The van der Waals surface area contributed by atoms with Crippen molar-refractivity contribution in [3.63, 3.8) is 0 Å². The first-order valence-electron chi connectivity index (χ1n) is 4.55. The van der Waals surface area contributed by atoms with Gasteiger partial charge in [-0.15, -0.1) is 0 Å². The minimum absolute atomic E-state index is 0.458. The van der Waals surface area contributed by atoms with Gasteiger partial charge in [-0.3, -0.25) is 0 Å². The Morgan fingerprint density at radius 3 is 2.62 bits per heavy atom. The fourth-order valence-corrected chi connectivity index (χ4v) is 1.08. The molecule has 0 saturated carbocycles. The smallest absolute Gasteiger partial charge is 0.329 e. The summed E-state index contributed by atoms with van der Waals surface area (Å²) in [6.45, 7) is 0.476. The van der Waals surface area contributed by atoms with Gasteiger partial charge in [0.2, 0.25) is 0 Å². The second-order valence-electron chi connectivity index (χ2n) is 3.29. The Kier molecular flexibility index (Phi) is 3.76. The van der Waals surface area contributed by atoms with Crippen molar-refractivity contribution >= 4 is 11.7 Å². The third kappa shape index (κ3) is 4.68. The number of anilines is 1. The largest absolute Gasteiger partial charge is 0.405 e. The van der Waals surface area contributed by atoms with Crippen molar-refractivity contribution in [3.8, 4) is 0 Å². The summed E-state index contributed by atoms with van der Waals surface area (Å²) in [4.78, 5) is 11.0. The molecule has 0 aromatic heterocycles. The zero-order valence-corrected chi connectivity index (χ0v) is 8.56. The van der Waals surface area contributed by atoms with Crippen LogP contribution in [0.15, 0.2) is 24.3 Å². The molecule has 0 radical (unpaired) electrons. The number of aryl methyl sites for hydroxylation is 1. The number of nitrogens with one attached hydrogen (secondary N) is 2. The van der Waals surface area contributed by atoms with Gasteiger partial charge in [-0.25, -0.2) is 4.79 Å². The molecular weight excluding hydrogens is 221 g/mol. The summed E-state index contributed by atoms with van der Waals surface area (Å²) >= 11 is 0. The maximum absolute atomic E-state index is 11.8. The molecule has 2 N–H and O–H groups in total. The van der Waals surface area contributed by atoms with Crippen LogP contribution in [0.3, 0.4) is 0 Å². The molecule has 0 heterocycles. The molecule has 0 saturated heterocycles. The molecule has 0 aliphatic carbocycles. The summed E-state index contributed by atoms with van der Waals surface area (Å²) in [5.41, 5.74) is 1.37. The minimum Gasteiger partial charge on any atom is -0.329 e. The molecule has 1 aromatic carbocycles. The lowest BCUT2D eigenvalue weighted by molar-refractivity contribution is -0.122. The van der Waals surface area contributed by atoms with Gasteiger partial charge in [-0.05, 0) is 24.6 Å². The molecule has 6 heteroatoms. The number of carbonyl (C=O) groups is 1. The molecule has 0 atom stereocenters. The Morgan fingerprint density at radius 2 is 2.06 bits per heavy atom. The van der Waals surface area contributed by atoms with E-state index in [9.17, 15) is 18.0 Å². The minimum atomic E-state index is -4.40. The highest BCUT2D eigenvalue weighted by Gasteiger charge is 2.27. The highest BCUT2D eigenvalue weighted by atomic mass is 19.4. The average molecular weight is 232 g/mol. The van der Waals surface area contributed by atoms with E-state index in [0.29, 0.717) is 5.69 Å². The summed E-state index contributed by atoms with van der Waals surface area (Å²) in [5.74, 6) is 0. The van der Waals surface area contributed by atoms with E-state index in [2.05, 4.69) is 5.32 Å². The van der Waals surface area contributed by atoms with Crippen LogP contribution in [0.2, 0.25) is 0 Å². The van der Waals surface area contributed by atoms with Gasteiger partial charge in [0.05, 0.1) is 0 Å². The Balaban J connectivity index is 2.46. The number of carbonyl (C=O) groups excluding carboxylic acids is 1. The van der Waals surface area contributed by atoms with Gasteiger partial charge in [-0.1, -0.05) is 12.1 Å². The maximum atomic E-state index is 11.8. The van der Waals surface area contributed by atoms with Crippen LogP contribution in [-0.4, -0.2) is 18.8 Å². The molecule has 1 aromatic rings. The van der Waals surface area contributed by atoms with Gasteiger partial charge < -0.3 is 10.6 Å². The van der Waals surface area contributed by atoms with E-state index >= 15 is 0 Å². The van der Waals surface area contributed by atoms with Crippen molar-refractivity contribution < 1.29 is 18.0 Å². The lowest BCUT2D eigenvalue weighted by Gasteiger charge is -2.09. The first-order chi connectivity index (χ1) is 7.37. The number of amides is 2. The van der Waals surface area contributed by atoms with Crippen molar-refractivity contribution in [2.45, 2.75) is 13.1 Å². The van der Waals surface area contributed by atoms with Gasteiger partial charge in [0.25, 0.3) is 0 Å². The molecule has 1 rings (SSSR count). The molecule has 0 aliphatic rings. The average Bonchev–Trinajstić information content (AvgIpc) is 2.14. The number of hydrogen-bond acceptors (Lipinski definition) is 1. The zero-order chi connectivity index (χ0) is 12.2. The quantitative estimate of drug-likeness (QED) is 0.808. The van der Waals surface area contributed by atoms with Gasteiger partial charge in [0.15, 0.2) is 0 Å². The van der Waals surface area contributed by atoms with Crippen LogP contribution in [0.4, 0.5) is 23.7 Å². The number of halogens is 3. The lowest BCUT2D eigenvalue weighted by atomic mass is 10.2. The normalized spacial score (nSPS) is 11.0. The van der Waals surface area contributed by atoms with Crippen molar-refractivity contribution in [1.29, 1.82) is 0 Å². The highest BCUT2D eigenvalue weighted by molar-refractivity contribution is 5.89. The number of urea groups is 1. The van der Waals surface area contributed by atoms with Gasteiger partial charge in [0.1, 0.15) is 6.54 Å². The fraction of sp³-hybridized carbons (Fsp3) is 0.300. The zero-order valence-electron chi connectivity index (χ0n) is 8.56. The Hall–Kier alpha value is -1.72. The summed E-state index contributed by atoms with van der Waals surface area (Å²) in [6, 6.07) is 5.91. The summed E-state index contributed by atoms with van der Waals surface area (Å²) < 4.78 is 35.3. The first-order valence-corrected chi connectivity index (χ1v) is 4.55. The third-order valence-corrected chi connectivity index (χ3v) is 1.73. The molecule has 2 amide bonds.